The van der Waals surface area contributed by atoms with Crippen LogP contribution in [0, 0.1) is 0 Å². The average Bonchev–Trinajstić information content (AvgIpc) is 2.84. The van der Waals surface area contributed by atoms with Gasteiger partial charge in [-0.2, -0.15) is 0 Å². The molecule has 1 atom stereocenters. The molecular weight excluding hydrogens is 280 g/mol. The summed E-state index contributed by atoms with van der Waals surface area (Å²) < 4.78 is 5.63. The highest BCUT2D eigenvalue weighted by atomic mass is 35.5. The number of ether oxygens (including phenoxy) is 1. The Morgan fingerprint density at radius 1 is 1.58 bits per heavy atom. The molecule has 0 aliphatic carbocycles. The molecule has 0 aromatic heterocycles. The van der Waals surface area contributed by atoms with Gasteiger partial charge in [0.1, 0.15) is 4.99 Å². The third kappa shape index (κ3) is 4.14. The maximum Gasteiger partial charge on any atom is 0.104 e. The molecule has 1 saturated heterocycles. The van der Waals surface area contributed by atoms with Crippen LogP contribution in [0.2, 0.25) is 5.02 Å². The highest BCUT2D eigenvalue weighted by Gasteiger charge is 2.17. The third-order valence-electron chi connectivity index (χ3n) is 3.32. The zero-order valence-corrected chi connectivity index (χ0v) is 12.6. The van der Waals surface area contributed by atoms with Gasteiger partial charge < -0.3 is 10.5 Å². The summed E-state index contributed by atoms with van der Waals surface area (Å²) in [4.78, 5) is 2.61. The van der Waals surface area contributed by atoms with E-state index in [-0.39, 0.29) is 0 Å². The maximum atomic E-state index is 6.26. The molecule has 0 saturated carbocycles. The summed E-state index contributed by atoms with van der Waals surface area (Å²) in [6.07, 6.45) is 2.68. The Hall–Kier alpha value is -0.680. The van der Waals surface area contributed by atoms with Crippen molar-refractivity contribution in [1.82, 2.24) is 4.90 Å². The lowest BCUT2D eigenvalue weighted by atomic mass is 10.1. The van der Waals surface area contributed by atoms with Crippen molar-refractivity contribution in [3.63, 3.8) is 0 Å². The molecule has 1 aromatic rings. The van der Waals surface area contributed by atoms with E-state index in [4.69, 9.17) is 34.3 Å². The molecule has 1 aliphatic rings. The van der Waals surface area contributed by atoms with E-state index >= 15 is 0 Å². The van der Waals surface area contributed by atoms with Crippen molar-refractivity contribution in [1.29, 1.82) is 0 Å². The lowest BCUT2D eigenvalue weighted by molar-refractivity contribution is 0.0793. The molecule has 1 aromatic carbocycles. The molecule has 3 nitrogen and oxygen atoms in total. The number of hydrogen-bond donors (Lipinski definition) is 1. The molecule has 0 radical (unpaired) electrons. The van der Waals surface area contributed by atoms with E-state index in [1.807, 2.05) is 18.2 Å². The topological polar surface area (TPSA) is 38.5 Å². The van der Waals surface area contributed by atoms with Crippen LogP contribution in [0.1, 0.15) is 24.0 Å². The predicted molar refractivity (Wildman–Crippen MR) is 82.6 cm³/mol. The molecule has 104 valence electrons. The second-order valence-electron chi connectivity index (χ2n) is 5.00. The Morgan fingerprint density at radius 2 is 2.37 bits per heavy atom. The van der Waals surface area contributed by atoms with Gasteiger partial charge >= 0.3 is 0 Å². The van der Waals surface area contributed by atoms with Gasteiger partial charge in [-0.3, -0.25) is 4.90 Å². The quantitative estimate of drug-likeness (QED) is 0.848. The van der Waals surface area contributed by atoms with Gasteiger partial charge in [-0.25, -0.2) is 0 Å². The van der Waals surface area contributed by atoms with E-state index in [1.54, 1.807) is 0 Å². The van der Waals surface area contributed by atoms with Gasteiger partial charge in [0.25, 0.3) is 0 Å². The molecule has 0 amide bonds. The molecule has 5 heteroatoms. The van der Waals surface area contributed by atoms with Crippen LogP contribution >= 0.6 is 23.8 Å². The van der Waals surface area contributed by atoms with Crippen LogP contribution in [0.15, 0.2) is 18.2 Å². The van der Waals surface area contributed by atoms with Crippen molar-refractivity contribution in [2.75, 3.05) is 20.2 Å². The minimum Gasteiger partial charge on any atom is -0.389 e. The molecule has 2 rings (SSSR count). The monoisotopic (exact) mass is 298 g/mol. The van der Waals surface area contributed by atoms with Crippen molar-refractivity contribution in [3.8, 4) is 0 Å². The van der Waals surface area contributed by atoms with E-state index in [0.717, 1.165) is 37.2 Å². The summed E-state index contributed by atoms with van der Waals surface area (Å²) in [5.74, 6) is 0. The fourth-order valence-electron chi connectivity index (χ4n) is 2.32. The Balaban J connectivity index is 1.96. The first kappa shape index (κ1) is 14.7. The van der Waals surface area contributed by atoms with E-state index in [2.05, 4.69) is 11.9 Å². The van der Waals surface area contributed by atoms with Gasteiger partial charge in [-0.05, 0) is 31.5 Å². The highest BCUT2D eigenvalue weighted by Crippen LogP contribution is 2.20. The zero-order valence-electron chi connectivity index (χ0n) is 11.1. The molecule has 1 heterocycles. The van der Waals surface area contributed by atoms with Gasteiger partial charge in [0.2, 0.25) is 0 Å². The van der Waals surface area contributed by atoms with Crippen molar-refractivity contribution in [2.45, 2.75) is 25.5 Å². The summed E-state index contributed by atoms with van der Waals surface area (Å²) in [5.41, 5.74) is 7.48. The van der Waals surface area contributed by atoms with Gasteiger partial charge in [0, 0.05) is 30.3 Å². The summed E-state index contributed by atoms with van der Waals surface area (Å²) in [6.45, 7) is 2.63. The minimum absolute atomic E-state index is 0.361. The largest absolute Gasteiger partial charge is 0.389 e. The maximum absolute atomic E-state index is 6.26. The standard InChI is InChI=1S/C14H19ClN2OS/c1-17(9-12-3-2-6-18-12)8-11-5-4-10(14(16)19)7-13(11)15/h4-5,7,12H,2-3,6,8-9H2,1H3,(H2,16,19). The first-order valence-corrected chi connectivity index (χ1v) is 7.23. The summed E-state index contributed by atoms with van der Waals surface area (Å²) >= 11 is 11.2. The van der Waals surface area contributed by atoms with Crippen LogP contribution in [-0.2, 0) is 11.3 Å². The smallest absolute Gasteiger partial charge is 0.104 e. The van der Waals surface area contributed by atoms with Crippen LogP contribution in [0.3, 0.4) is 0 Å². The van der Waals surface area contributed by atoms with Crippen LogP contribution in [0.25, 0.3) is 0 Å². The average molecular weight is 299 g/mol. The van der Waals surface area contributed by atoms with Crippen molar-refractivity contribution >= 4 is 28.8 Å². The molecule has 0 bridgehead atoms. The molecule has 1 unspecified atom stereocenters. The number of hydrogen-bond acceptors (Lipinski definition) is 3. The van der Waals surface area contributed by atoms with Gasteiger partial charge in [0.15, 0.2) is 0 Å². The first-order chi connectivity index (χ1) is 9.06. The summed E-state index contributed by atoms with van der Waals surface area (Å²) in [5, 5.41) is 0.712. The predicted octanol–water partition coefficient (Wildman–Crippen LogP) is 2.59. The number of benzene rings is 1. The number of nitrogens with two attached hydrogens (primary N) is 1. The molecule has 0 spiro atoms. The van der Waals surface area contributed by atoms with Crippen molar-refractivity contribution in [2.24, 2.45) is 5.73 Å². The Morgan fingerprint density at radius 3 is 2.95 bits per heavy atom. The van der Waals surface area contributed by atoms with E-state index in [1.165, 1.54) is 6.42 Å². The zero-order chi connectivity index (χ0) is 13.8. The Bertz CT molecular complexity index is 461. The lowest BCUT2D eigenvalue weighted by Crippen LogP contribution is -2.28. The fourth-order valence-corrected chi connectivity index (χ4v) is 2.69. The van der Waals surface area contributed by atoms with Gasteiger partial charge in [0.05, 0.1) is 6.10 Å². The third-order valence-corrected chi connectivity index (χ3v) is 3.90. The SMILES string of the molecule is CN(Cc1ccc(C(N)=S)cc1Cl)CC1CCCO1. The van der Waals surface area contributed by atoms with Gasteiger partial charge in [-0.15, -0.1) is 0 Å². The van der Waals surface area contributed by atoms with Crippen LogP contribution in [0.4, 0.5) is 0 Å². The number of likely N-dealkylation sites (N-methyl/N-ethyl adjacent to an activating group) is 1. The molecular formula is C14H19ClN2OS. The van der Waals surface area contributed by atoms with Crippen LogP contribution in [-0.4, -0.2) is 36.2 Å². The van der Waals surface area contributed by atoms with Crippen LogP contribution in [0.5, 0.6) is 0 Å². The number of nitrogens with zero attached hydrogens (tertiary/aromatic N) is 1. The molecule has 1 aliphatic heterocycles. The molecule has 1 fully saturated rings. The first-order valence-electron chi connectivity index (χ1n) is 6.44. The summed E-state index contributed by atoms with van der Waals surface area (Å²) in [6, 6.07) is 5.74. The van der Waals surface area contributed by atoms with E-state index < -0.39 is 0 Å². The second-order valence-corrected chi connectivity index (χ2v) is 5.85. The van der Waals surface area contributed by atoms with Crippen molar-refractivity contribution < 1.29 is 4.74 Å². The number of rotatable bonds is 5. The minimum atomic E-state index is 0.361. The normalized spacial score (nSPS) is 19.0. The Labute approximate surface area is 124 Å². The molecule has 19 heavy (non-hydrogen) atoms. The number of thiocarbonyl (C=S) groups is 1. The van der Waals surface area contributed by atoms with E-state index in [0.29, 0.717) is 16.1 Å². The lowest BCUT2D eigenvalue weighted by Gasteiger charge is -2.21. The van der Waals surface area contributed by atoms with E-state index in [9.17, 15) is 0 Å². The van der Waals surface area contributed by atoms with Crippen molar-refractivity contribution in [3.05, 3.63) is 34.3 Å². The number of halogens is 1. The highest BCUT2D eigenvalue weighted by molar-refractivity contribution is 7.80. The van der Waals surface area contributed by atoms with Crippen LogP contribution < -0.4 is 5.73 Å². The van der Waals surface area contributed by atoms with Gasteiger partial charge in [-0.1, -0.05) is 36.0 Å². The second kappa shape index (κ2) is 6.66. The summed E-state index contributed by atoms with van der Waals surface area (Å²) in [7, 11) is 2.08. The fraction of sp³-hybridized carbons (Fsp3) is 0.500. The Kier molecular flexibility index (Phi) is 5.16. The molecule has 2 N–H and O–H groups in total.